The second-order valence-electron chi connectivity index (χ2n) is 8.49. The third kappa shape index (κ3) is 4.67. The van der Waals surface area contributed by atoms with E-state index >= 15 is 0 Å². The highest BCUT2D eigenvalue weighted by Gasteiger charge is 2.42. The van der Waals surface area contributed by atoms with Crippen molar-refractivity contribution in [3.8, 4) is 5.75 Å². The van der Waals surface area contributed by atoms with Gasteiger partial charge in [-0.3, -0.25) is 9.69 Å². The Labute approximate surface area is 190 Å². The first-order valence-corrected chi connectivity index (χ1v) is 12.6. The summed E-state index contributed by atoms with van der Waals surface area (Å²) in [6.07, 6.45) is 1.25. The highest BCUT2D eigenvalue weighted by atomic mass is 32.2. The topological polar surface area (TPSA) is 70.2 Å². The highest BCUT2D eigenvalue weighted by Crippen LogP contribution is 2.31. The lowest BCUT2D eigenvalue weighted by Gasteiger charge is -2.37. The SMILES string of the molecule is COc1ccc(C)c(S(=O)(=O)N2CCC[C@@H]2C(=O)N2CCN(Cc3ccccc3)CC2)c1. The van der Waals surface area contributed by atoms with E-state index in [0.29, 0.717) is 43.8 Å². The number of amides is 1. The largest absolute Gasteiger partial charge is 0.497 e. The van der Waals surface area contributed by atoms with E-state index in [4.69, 9.17) is 4.74 Å². The van der Waals surface area contributed by atoms with Gasteiger partial charge in [0.2, 0.25) is 15.9 Å². The Bertz CT molecular complexity index is 1050. The van der Waals surface area contributed by atoms with Crippen molar-refractivity contribution in [1.29, 1.82) is 0 Å². The Morgan fingerprint density at radius 3 is 2.44 bits per heavy atom. The number of carbonyl (C=O) groups is 1. The van der Waals surface area contributed by atoms with Crippen LogP contribution in [0.2, 0.25) is 0 Å². The summed E-state index contributed by atoms with van der Waals surface area (Å²) in [6, 6.07) is 14.7. The number of methoxy groups -OCH3 is 1. The third-order valence-corrected chi connectivity index (χ3v) is 8.45. The molecular formula is C24H31N3O4S. The number of sulfonamides is 1. The van der Waals surface area contributed by atoms with Gasteiger partial charge in [0.25, 0.3) is 0 Å². The Morgan fingerprint density at radius 1 is 1.03 bits per heavy atom. The summed E-state index contributed by atoms with van der Waals surface area (Å²) < 4.78 is 33.6. The molecule has 7 nitrogen and oxygen atoms in total. The molecule has 0 bridgehead atoms. The zero-order chi connectivity index (χ0) is 22.7. The van der Waals surface area contributed by atoms with Gasteiger partial charge in [-0.2, -0.15) is 4.31 Å². The van der Waals surface area contributed by atoms with Crippen LogP contribution in [0.3, 0.4) is 0 Å². The van der Waals surface area contributed by atoms with Crippen LogP contribution in [-0.2, 0) is 21.4 Å². The molecule has 2 aromatic rings. The number of piperazine rings is 1. The molecule has 0 saturated carbocycles. The lowest BCUT2D eigenvalue weighted by atomic mass is 10.1. The van der Waals surface area contributed by atoms with Gasteiger partial charge < -0.3 is 9.64 Å². The molecule has 4 rings (SSSR count). The Kier molecular flexibility index (Phi) is 6.83. The van der Waals surface area contributed by atoms with Crippen molar-refractivity contribution in [3.05, 3.63) is 59.7 Å². The van der Waals surface area contributed by atoms with E-state index in [9.17, 15) is 13.2 Å². The average molecular weight is 458 g/mol. The lowest BCUT2D eigenvalue weighted by molar-refractivity contribution is -0.136. The number of carbonyl (C=O) groups excluding carboxylic acids is 1. The molecule has 1 amide bonds. The average Bonchev–Trinajstić information content (AvgIpc) is 3.31. The molecule has 2 aromatic carbocycles. The van der Waals surface area contributed by atoms with Gasteiger partial charge in [0.1, 0.15) is 11.8 Å². The summed E-state index contributed by atoms with van der Waals surface area (Å²) in [6.45, 7) is 5.81. The molecule has 0 N–H and O–H groups in total. The first kappa shape index (κ1) is 22.8. The molecule has 172 valence electrons. The van der Waals surface area contributed by atoms with E-state index in [1.54, 1.807) is 25.1 Å². The van der Waals surface area contributed by atoms with Crippen molar-refractivity contribution in [2.24, 2.45) is 0 Å². The van der Waals surface area contributed by atoms with Crippen molar-refractivity contribution in [2.75, 3.05) is 39.8 Å². The Morgan fingerprint density at radius 2 is 1.75 bits per heavy atom. The third-order valence-electron chi connectivity index (χ3n) is 6.40. The van der Waals surface area contributed by atoms with Crippen LogP contribution in [0.1, 0.15) is 24.0 Å². The lowest BCUT2D eigenvalue weighted by Crippen LogP contribution is -2.54. The minimum Gasteiger partial charge on any atom is -0.497 e. The van der Waals surface area contributed by atoms with E-state index in [2.05, 4.69) is 17.0 Å². The standard InChI is InChI=1S/C24H31N3O4S/c1-19-10-11-21(31-2)17-23(19)32(29,30)27-12-6-9-22(27)24(28)26-15-13-25(14-16-26)18-20-7-4-3-5-8-20/h3-5,7-8,10-11,17,22H,6,9,12-16,18H2,1-2H3/t22-/m1/s1. The fraction of sp³-hybridized carbons (Fsp3) is 0.458. The summed E-state index contributed by atoms with van der Waals surface area (Å²) >= 11 is 0. The second-order valence-corrected chi connectivity index (χ2v) is 10.4. The molecule has 1 atom stereocenters. The van der Waals surface area contributed by atoms with Crippen LogP contribution in [0.15, 0.2) is 53.4 Å². The number of hydrogen-bond acceptors (Lipinski definition) is 5. The fourth-order valence-electron chi connectivity index (χ4n) is 4.57. The summed E-state index contributed by atoms with van der Waals surface area (Å²) in [5.41, 5.74) is 1.91. The van der Waals surface area contributed by atoms with Crippen LogP contribution < -0.4 is 4.74 Å². The van der Waals surface area contributed by atoms with Crippen LogP contribution in [0.5, 0.6) is 5.75 Å². The van der Waals surface area contributed by atoms with Crippen molar-refractivity contribution in [2.45, 2.75) is 37.2 Å². The van der Waals surface area contributed by atoms with Gasteiger partial charge in [-0.1, -0.05) is 36.4 Å². The van der Waals surface area contributed by atoms with Crippen molar-refractivity contribution >= 4 is 15.9 Å². The van der Waals surface area contributed by atoms with E-state index in [-0.39, 0.29) is 10.8 Å². The number of benzene rings is 2. The van der Waals surface area contributed by atoms with Crippen molar-refractivity contribution in [1.82, 2.24) is 14.1 Å². The maximum atomic E-state index is 13.5. The summed E-state index contributed by atoms with van der Waals surface area (Å²) in [5, 5.41) is 0. The molecule has 2 saturated heterocycles. The zero-order valence-electron chi connectivity index (χ0n) is 18.7. The molecule has 2 aliphatic rings. The van der Waals surface area contributed by atoms with Crippen LogP contribution in [0.4, 0.5) is 0 Å². The van der Waals surface area contributed by atoms with E-state index in [1.807, 2.05) is 23.1 Å². The monoisotopic (exact) mass is 457 g/mol. The zero-order valence-corrected chi connectivity index (χ0v) is 19.6. The summed E-state index contributed by atoms with van der Waals surface area (Å²) in [4.78, 5) is 17.7. The summed E-state index contributed by atoms with van der Waals surface area (Å²) in [7, 11) is -2.28. The molecule has 0 aromatic heterocycles. The van der Waals surface area contributed by atoms with Crippen molar-refractivity contribution in [3.63, 3.8) is 0 Å². The molecule has 2 aliphatic heterocycles. The molecule has 0 unspecified atom stereocenters. The molecule has 2 heterocycles. The first-order valence-electron chi connectivity index (χ1n) is 11.1. The number of aryl methyl sites for hydroxylation is 1. The fourth-order valence-corrected chi connectivity index (χ4v) is 6.46. The van der Waals surface area contributed by atoms with Gasteiger partial charge in [-0.25, -0.2) is 8.42 Å². The highest BCUT2D eigenvalue weighted by molar-refractivity contribution is 7.89. The molecule has 0 radical (unpaired) electrons. The normalized spacial score (nSPS) is 20.4. The maximum absolute atomic E-state index is 13.5. The van der Waals surface area contributed by atoms with Crippen LogP contribution in [0.25, 0.3) is 0 Å². The second kappa shape index (κ2) is 9.60. The van der Waals surface area contributed by atoms with E-state index < -0.39 is 16.1 Å². The maximum Gasteiger partial charge on any atom is 0.244 e. The van der Waals surface area contributed by atoms with Gasteiger partial charge in [0, 0.05) is 45.3 Å². The molecule has 2 fully saturated rings. The smallest absolute Gasteiger partial charge is 0.244 e. The Hall–Kier alpha value is -2.42. The van der Waals surface area contributed by atoms with Gasteiger partial charge in [0.15, 0.2) is 0 Å². The van der Waals surface area contributed by atoms with Gasteiger partial charge in [-0.05, 0) is 37.0 Å². The van der Waals surface area contributed by atoms with E-state index in [0.717, 1.165) is 19.6 Å². The van der Waals surface area contributed by atoms with Crippen LogP contribution >= 0.6 is 0 Å². The molecule has 0 aliphatic carbocycles. The number of hydrogen-bond donors (Lipinski definition) is 0. The summed E-state index contributed by atoms with van der Waals surface area (Å²) in [5.74, 6) is 0.414. The predicted molar refractivity (Wildman–Crippen MR) is 123 cm³/mol. The van der Waals surface area contributed by atoms with Crippen LogP contribution in [-0.4, -0.2) is 74.3 Å². The Balaban J connectivity index is 1.44. The van der Waals surface area contributed by atoms with E-state index in [1.165, 1.54) is 17.0 Å². The van der Waals surface area contributed by atoms with Gasteiger partial charge in [-0.15, -0.1) is 0 Å². The molecule has 32 heavy (non-hydrogen) atoms. The number of ether oxygens (including phenoxy) is 1. The predicted octanol–water partition coefficient (Wildman–Crippen LogP) is 2.50. The van der Waals surface area contributed by atoms with Gasteiger partial charge >= 0.3 is 0 Å². The molecule has 0 spiro atoms. The minimum atomic E-state index is -3.79. The van der Waals surface area contributed by atoms with Gasteiger partial charge in [0.05, 0.1) is 12.0 Å². The quantitative estimate of drug-likeness (QED) is 0.667. The number of nitrogens with zero attached hydrogens (tertiary/aromatic N) is 3. The molecule has 8 heteroatoms. The minimum absolute atomic E-state index is 0.0778. The first-order chi connectivity index (χ1) is 15.4. The molecular weight excluding hydrogens is 426 g/mol. The number of rotatable bonds is 6. The van der Waals surface area contributed by atoms with Crippen molar-refractivity contribution < 1.29 is 17.9 Å². The van der Waals surface area contributed by atoms with Crippen LogP contribution in [0, 0.1) is 6.92 Å².